The largest absolute Gasteiger partial charge is 0.437 e. The van der Waals surface area contributed by atoms with Gasteiger partial charge in [0.2, 0.25) is 5.88 Å². The van der Waals surface area contributed by atoms with Crippen LogP contribution < -0.4 is 4.74 Å². The van der Waals surface area contributed by atoms with Crippen LogP contribution in [0.4, 0.5) is 4.39 Å². The molecule has 0 fully saturated rings. The minimum absolute atomic E-state index is 0.00727. The summed E-state index contributed by atoms with van der Waals surface area (Å²) < 4.78 is 19.5. The molecule has 100 valence electrons. The number of ether oxygens (including phenoxy) is 1. The van der Waals surface area contributed by atoms with Crippen LogP contribution in [0.5, 0.6) is 11.6 Å². The number of nitrogens with zero attached hydrogens (tertiary/aromatic N) is 2. The molecule has 3 nitrogen and oxygen atoms in total. The van der Waals surface area contributed by atoms with Gasteiger partial charge in [0, 0.05) is 11.6 Å². The average Bonchev–Trinajstić information content (AvgIpc) is 2.32. The van der Waals surface area contributed by atoms with Gasteiger partial charge in [0.15, 0.2) is 0 Å². The van der Waals surface area contributed by atoms with Crippen molar-refractivity contribution < 1.29 is 9.13 Å². The zero-order valence-electron chi connectivity index (χ0n) is 9.97. The first-order chi connectivity index (χ1) is 8.88. The monoisotopic (exact) mass is 364 g/mol. The number of benzene rings is 1. The average molecular weight is 366 g/mol. The third-order valence-corrected chi connectivity index (χ3v) is 3.61. The van der Waals surface area contributed by atoms with Crippen LogP contribution in [0.3, 0.4) is 0 Å². The Kier molecular flexibility index (Phi) is 4.28. The predicted molar refractivity (Wildman–Crippen MR) is 75.7 cm³/mol. The standard InChI is InChI=1S/C12H8BrCl2FN2O/c1-5-11(15)17-6(2)18-12(5)19-10-4-9(16)8(14)3-7(10)13/h3-4H,1-2H3. The summed E-state index contributed by atoms with van der Waals surface area (Å²) in [7, 11) is 0. The fourth-order valence-electron chi connectivity index (χ4n) is 1.36. The molecule has 0 amide bonds. The Bertz CT molecular complexity index is 652. The molecule has 19 heavy (non-hydrogen) atoms. The molecule has 0 aliphatic carbocycles. The molecule has 0 atom stereocenters. The second-order valence-electron chi connectivity index (χ2n) is 3.79. The lowest BCUT2D eigenvalue weighted by Crippen LogP contribution is -1.98. The smallest absolute Gasteiger partial charge is 0.227 e. The van der Waals surface area contributed by atoms with E-state index in [0.717, 1.165) is 0 Å². The van der Waals surface area contributed by atoms with E-state index in [2.05, 4.69) is 25.9 Å². The summed E-state index contributed by atoms with van der Waals surface area (Å²) in [6.07, 6.45) is 0. The van der Waals surface area contributed by atoms with E-state index < -0.39 is 5.82 Å². The molecule has 0 saturated carbocycles. The lowest BCUT2D eigenvalue weighted by Gasteiger charge is -2.11. The number of hydrogen-bond donors (Lipinski definition) is 0. The maximum Gasteiger partial charge on any atom is 0.227 e. The van der Waals surface area contributed by atoms with Gasteiger partial charge >= 0.3 is 0 Å². The summed E-state index contributed by atoms with van der Waals surface area (Å²) in [5.41, 5.74) is 0.578. The Morgan fingerprint density at radius 2 is 1.89 bits per heavy atom. The van der Waals surface area contributed by atoms with E-state index in [1.54, 1.807) is 13.8 Å². The van der Waals surface area contributed by atoms with Crippen molar-refractivity contribution in [1.82, 2.24) is 9.97 Å². The van der Waals surface area contributed by atoms with Crippen LogP contribution in [0.1, 0.15) is 11.4 Å². The molecule has 2 aromatic rings. The van der Waals surface area contributed by atoms with Crippen molar-refractivity contribution in [2.45, 2.75) is 13.8 Å². The Morgan fingerprint density at radius 3 is 2.58 bits per heavy atom. The molecule has 1 heterocycles. The van der Waals surface area contributed by atoms with Crippen molar-refractivity contribution in [1.29, 1.82) is 0 Å². The van der Waals surface area contributed by atoms with E-state index >= 15 is 0 Å². The highest BCUT2D eigenvalue weighted by Crippen LogP contribution is 2.35. The highest BCUT2D eigenvalue weighted by molar-refractivity contribution is 9.10. The third kappa shape index (κ3) is 3.16. The molecule has 1 aromatic carbocycles. The molecule has 0 unspecified atom stereocenters. The minimum Gasteiger partial charge on any atom is -0.437 e. The number of halogens is 4. The third-order valence-electron chi connectivity index (χ3n) is 2.33. The summed E-state index contributed by atoms with van der Waals surface area (Å²) in [6.45, 7) is 3.41. The molecular weight excluding hydrogens is 358 g/mol. The van der Waals surface area contributed by atoms with Crippen molar-refractivity contribution in [2.75, 3.05) is 0 Å². The van der Waals surface area contributed by atoms with Gasteiger partial charge in [0.1, 0.15) is 22.5 Å². The maximum absolute atomic E-state index is 13.4. The van der Waals surface area contributed by atoms with Crippen LogP contribution in [0.2, 0.25) is 10.2 Å². The summed E-state index contributed by atoms with van der Waals surface area (Å²) >= 11 is 14.9. The summed E-state index contributed by atoms with van der Waals surface area (Å²) in [6, 6.07) is 2.59. The fraction of sp³-hybridized carbons (Fsp3) is 0.167. The Morgan fingerprint density at radius 1 is 1.21 bits per heavy atom. The van der Waals surface area contributed by atoms with Crippen LogP contribution in [0.25, 0.3) is 0 Å². The van der Waals surface area contributed by atoms with Gasteiger partial charge in [-0.25, -0.2) is 9.37 Å². The molecule has 0 bridgehead atoms. The second kappa shape index (κ2) is 5.61. The van der Waals surface area contributed by atoms with Crippen molar-refractivity contribution in [3.05, 3.63) is 44.0 Å². The fourth-order valence-corrected chi connectivity index (χ4v) is 2.28. The van der Waals surface area contributed by atoms with Crippen molar-refractivity contribution in [3.8, 4) is 11.6 Å². The van der Waals surface area contributed by atoms with Crippen LogP contribution in [-0.4, -0.2) is 9.97 Å². The van der Waals surface area contributed by atoms with Crippen molar-refractivity contribution in [3.63, 3.8) is 0 Å². The van der Waals surface area contributed by atoms with E-state index in [1.807, 2.05) is 0 Å². The zero-order chi connectivity index (χ0) is 14.2. The van der Waals surface area contributed by atoms with Gasteiger partial charge in [-0.2, -0.15) is 4.98 Å². The van der Waals surface area contributed by atoms with Crippen LogP contribution in [0, 0.1) is 19.7 Å². The van der Waals surface area contributed by atoms with Gasteiger partial charge in [-0.05, 0) is 35.8 Å². The number of aryl methyl sites for hydroxylation is 1. The minimum atomic E-state index is -0.575. The zero-order valence-corrected chi connectivity index (χ0v) is 13.1. The Balaban J connectivity index is 2.44. The molecule has 7 heteroatoms. The first-order valence-electron chi connectivity index (χ1n) is 5.21. The predicted octanol–water partition coefficient (Wildman–Crippen LogP) is 5.09. The van der Waals surface area contributed by atoms with Gasteiger partial charge in [-0.15, -0.1) is 0 Å². The lowest BCUT2D eigenvalue weighted by molar-refractivity contribution is 0.448. The first kappa shape index (κ1) is 14.5. The molecule has 0 N–H and O–H groups in total. The Labute approximate surface area is 127 Å². The molecule has 0 aliphatic heterocycles. The number of hydrogen-bond acceptors (Lipinski definition) is 3. The Hall–Kier alpha value is -0.910. The van der Waals surface area contributed by atoms with E-state index in [9.17, 15) is 4.39 Å². The van der Waals surface area contributed by atoms with Gasteiger partial charge in [0.25, 0.3) is 0 Å². The number of rotatable bonds is 2. The summed E-state index contributed by atoms with van der Waals surface area (Å²) in [5.74, 6) is 0.435. The van der Waals surface area contributed by atoms with E-state index in [0.29, 0.717) is 21.0 Å². The van der Waals surface area contributed by atoms with Crippen LogP contribution in [0.15, 0.2) is 16.6 Å². The highest BCUT2D eigenvalue weighted by atomic mass is 79.9. The summed E-state index contributed by atoms with van der Waals surface area (Å²) in [5, 5.41) is 0.306. The van der Waals surface area contributed by atoms with E-state index in [4.69, 9.17) is 27.9 Å². The maximum atomic E-state index is 13.4. The number of aromatic nitrogens is 2. The van der Waals surface area contributed by atoms with Gasteiger partial charge in [0.05, 0.1) is 9.50 Å². The van der Waals surface area contributed by atoms with Crippen molar-refractivity contribution >= 4 is 39.1 Å². The SMILES string of the molecule is Cc1nc(Cl)c(C)c(Oc2cc(F)c(Cl)cc2Br)n1. The quantitative estimate of drug-likeness (QED) is 0.548. The summed E-state index contributed by atoms with van der Waals surface area (Å²) in [4.78, 5) is 8.12. The molecule has 2 rings (SSSR count). The topological polar surface area (TPSA) is 35.0 Å². The molecule has 0 spiro atoms. The molecule has 0 aliphatic rings. The van der Waals surface area contributed by atoms with Gasteiger partial charge in [-0.3, -0.25) is 0 Å². The van der Waals surface area contributed by atoms with Gasteiger partial charge in [-0.1, -0.05) is 23.2 Å². The van der Waals surface area contributed by atoms with Crippen molar-refractivity contribution in [2.24, 2.45) is 0 Å². The van der Waals surface area contributed by atoms with Crippen LogP contribution >= 0.6 is 39.1 Å². The van der Waals surface area contributed by atoms with Crippen LogP contribution in [-0.2, 0) is 0 Å². The first-order valence-corrected chi connectivity index (χ1v) is 6.76. The highest BCUT2D eigenvalue weighted by Gasteiger charge is 2.13. The lowest BCUT2D eigenvalue weighted by atomic mass is 10.3. The van der Waals surface area contributed by atoms with E-state index in [-0.39, 0.29) is 16.7 Å². The second-order valence-corrected chi connectivity index (χ2v) is 5.41. The molecule has 0 saturated heterocycles. The molecule has 0 radical (unpaired) electrons. The normalized spacial score (nSPS) is 10.6. The van der Waals surface area contributed by atoms with E-state index in [1.165, 1.54) is 12.1 Å². The molecular formula is C12H8BrCl2FN2O. The molecule has 1 aromatic heterocycles. The van der Waals surface area contributed by atoms with Gasteiger partial charge < -0.3 is 4.74 Å².